The Balaban J connectivity index is 1.50. The zero-order valence-electron chi connectivity index (χ0n) is 14.1. The molecule has 2 heterocycles. The van der Waals surface area contributed by atoms with Gasteiger partial charge in [-0.2, -0.15) is 0 Å². The van der Waals surface area contributed by atoms with Crippen molar-refractivity contribution in [3.8, 4) is 10.4 Å². The molecule has 1 amide bonds. The summed E-state index contributed by atoms with van der Waals surface area (Å²) >= 11 is 9.19. The summed E-state index contributed by atoms with van der Waals surface area (Å²) in [5.74, 6) is 0.107. The summed E-state index contributed by atoms with van der Waals surface area (Å²) in [7, 11) is 0. The van der Waals surface area contributed by atoms with Crippen molar-refractivity contribution in [2.75, 3.05) is 11.1 Å². The van der Waals surface area contributed by atoms with Gasteiger partial charge in [0.2, 0.25) is 5.91 Å². The van der Waals surface area contributed by atoms with Crippen molar-refractivity contribution in [1.29, 1.82) is 0 Å². The number of carbonyl (C=O) groups excluding carboxylic acids is 1. The summed E-state index contributed by atoms with van der Waals surface area (Å²) in [6.45, 7) is 0. The smallest absolute Gasteiger partial charge is 0.234 e. The van der Waals surface area contributed by atoms with Crippen LogP contribution in [-0.2, 0) is 4.79 Å². The van der Waals surface area contributed by atoms with Crippen LogP contribution in [0.5, 0.6) is 0 Å². The Morgan fingerprint density at radius 3 is 2.48 bits per heavy atom. The second-order valence-corrected chi connectivity index (χ2v) is 8.03. The zero-order chi connectivity index (χ0) is 18.6. The Bertz CT molecular complexity index is 1080. The largest absolute Gasteiger partial charge is 0.325 e. The van der Waals surface area contributed by atoms with E-state index in [-0.39, 0.29) is 11.7 Å². The highest BCUT2D eigenvalue weighted by Gasteiger charge is 2.13. The molecule has 0 fully saturated rings. The van der Waals surface area contributed by atoms with Crippen LogP contribution >= 0.6 is 34.7 Å². The Hall–Kier alpha value is -2.41. The first-order chi connectivity index (χ1) is 13.2. The molecule has 4 nitrogen and oxygen atoms in total. The topological polar surface area (TPSA) is 54.9 Å². The molecule has 0 bridgehead atoms. The van der Waals surface area contributed by atoms with Crippen molar-refractivity contribution < 1.29 is 4.79 Å². The molecule has 0 atom stereocenters. The molecule has 2 aromatic carbocycles. The van der Waals surface area contributed by atoms with Crippen molar-refractivity contribution in [1.82, 2.24) is 9.97 Å². The molecule has 0 radical (unpaired) electrons. The van der Waals surface area contributed by atoms with Gasteiger partial charge in [-0.3, -0.25) is 4.79 Å². The van der Waals surface area contributed by atoms with Gasteiger partial charge in [0.1, 0.15) is 9.98 Å². The van der Waals surface area contributed by atoms with Gasteiger partial charge in [0.25, 0.3) is 0 Å². The molecule has 0 aliphatic heterocycles. The average molecular weight is 412 g/mol. The van der Waals surface area contributed by atoms with Crippen molar-refractivity contribution in [3.05, 3.63) is 71.9 Å². The third kappa shape index (κ3) is 4.30. The van der Waals surface area contributed by atoms with E-state index in [0.29, 0.717) is 10.3 Å². The molecule has 0 aliphatic rings. The molecule has 7 heteroatoms. The summed E-state index contributed by atoms with van der Waals surface area (Å²) in [5, 5.41) is 4.58. The zero-order valence-corrected chi connectivity index (χ0v) is 16.4. The van der Waals surface area contributed by atoms with Crippen LogP contribution in [0.15, 0.2) is 71.9 Å². The van der Waals surface area contributed by atoms with Gasteiger partial charge in [-0.25, -0.2) is 9.97 Å². The van der Waals surface area contributed by atoms with Crippen molar-refractivity contribution in [2.24, 2.45) is 0 Å². The number of amides is 1. The maximum atomic E-state index is 12.1. The van der Waals surface area contributed by atoms with Gasteiger partial charge in [0, 0.05) is 16.0 Å². The molecule has 0 spiro atoms. The van der Waals surface area contributed by atoms with Gasteiger partial charge < -0.3 is 5.32 Å². The normalized spacial score (nSPS) is 10.9. The maximum absolute atomic E-state index is 12.1. The first-order valence-electron chi connectivity index (χ1n) is 8.19. The number of thiophene rings is 1. The molecule has 0 unspecified atom stereocenters. The number of nitrogens with zero attached hydrogens (tertiary/aromatic N) is 2. The van der Waals surface area contributed by atoms with E-state index in [4.69, 9.17) is 11.6 Å². The number of hydrogen-bond donors (Lipinski definition) is 1. The standard InChI is InChI=1S/C20H14ClN3OS2/c21-18-15-11-16(13-7-3-1-4-8-13)27-19(15)24-20(23-18)26-12-17(25)22-14-9-5-2-6-10-14/h1-11H,12H2,(H,22,25). The molecule has 4 aromatic rings. The fourth-order valence-corrected chi connectivity index (χ4v) is 4.59. The molecular formula is C20H14ClN3OS2. The lowest BCUT2D eigenvalue weighted by molar-refractivity contribution is -0.113. The van der Waals surface area contributed by atoms with Crippen LogP contribution in [0.4, 0.5) is 5.69 Å². The fourth-order valence-electron chi connectivity index (χ4n) is 2.53. The summed E-state index contributed by atoms with van der Waals surface area (Å²) in [6, 6.07) is 21.4. The maximum Gasteiger partial charge on any atom is 0.234 e. The van der Waals surface area contributed by atoms with Gasteiger partial charge in [-0.15, -0.1) is 11.3 Å². The monoisotopic (exact) mass is 411 g/mol. The lowest BCUT2D eigenvalue weighted by Crippen LogP contribution is -2.14. The van der Waals surface area contributed by atoms with Crippen LogP contribution in [0.25, 0.3) is 20.7 Å². The molecule has 0 saturated heterocycles. The molecule has 4 rings (SSSR count). The molecule has 0 saturated carbocycles. The number of thioether (sulfide) groups is 1. The minimum Gasteiger partial charge on any atom is -0.325 e. The minimum absolute atomic E-state index is 0.109. The second kappa shape index (κ2) is 8.08. The molecule has 0 aliphatic carbocycles. The van der Waals surface area contributed by atoms with Crippen molar-refractivity contribution in [3.63, 3.8) is 0 Å². The number of para-hydroxylation sites is 1. The number of hydrogen-bond acceptors (Lipinski definition) is 5. The molecule has 27 heavy (non-hydrogen) atoms. The number of rotatable bonds is 5. The quantitative estimate of drug-likeness (QED) is 0.258. The van der Waals surface area contributed by atoms with Crippen molar-refractivity contribution >= 4 is 56.5 Å². The van der Waals surface area contributed by atoms with E-state index in [0.717, 1.165) is 26.3 Å². The van der Waals surface area contributed by atoms with Crippen LogP contribution in [-0.4, -0.2) is 21.6 Å². The van der Waals surface area contributed by atoms with E-state index < -0.39 is 0 Å². The minimum atomic E-state index is -0.109. The fraction of sp³-hybridized carbons (Fsp3) is 0.0500. The molecule has 134 valence electrons. The van der Waals surface area contributed by atoms with Crippen LogP contribution in [0.2, 0.25) is 5.15 Å². The van der Waals surface area contributed by atoms with E-state index in [1.54, 1.807) is 11.3 Å². The molecular weight excluding hydrogens is 398 g/mol. The van der Waals surface area contributed by atoms with Crippen LogP contribution in [0, 0.1) is 0 Å². The van der Waals surface area contributed by atoms with Gasteiger partial charge in [-0.1, -0.05) is 71.9 Å². The number of halogens is 1. The van der Waals surface area contributed by atoms with Gasteiger partial charge in [0.05, 0.1) is 5.75 Å². The first kappa shape index (κ1) is 18.0. The van der Waals surface area contributed by atoms with E-state index in [1.807, 2.05) is 54.6 Å². The predicted molar refractivity (Wildman–Crippen MR) is 114 cm³/mol. The van der Waals surface area contributed by atoms with Crippen LogP contribution in [0.1, 0.15) is 0 Å². The lowest BCUT2D eigenvalue weighted by atomic mass is 10.2. The first-order valence-corrected chi connectivity index (χ1v) is 10.4. The Morgan fingerprint density at radius 1 is 1.04 bits per heavy atom. The van der Waals surface area contributed by atoms with Gasteiger partial charge in [0.15, 0.2) is 5.16 Å². The Morgan fingerprint density at radius 2 is 1.74 bits per heavy atom. The third-order valence-electron chi connectivity index (χ3n) is 3.77. The number of aromatic nitrogens is 2. The SMILES string of the molecule is O=C(CSc1nc(Cl)c2cc(-c3ccccc3)sc2n1)Nc1ccccc1. The number of fused-ring (bicyclic) bond motifs is 1. The molecule has 2 aromatic heterocycles. The van der Waals surface area contributed by atoms with E-state index in [2.05, 4.69) is 27.4 Å². The van der Waals surface area contributed by atoms with E-state index in [1.165, 1.54) is 11.8 Å². The number of carbonyl (C=O) groups is 1. The Kier molecular flexibility index (Phi) is 5.38. The third-order valence-corrected chi connectivity index (χ3v) is 5.99. The highest BCUT2D eigenvalue weighted by Crippen LogP contribution is 2.36. The average Bonchev–Trinajstić information content (AvgIpc) is 3.13. The predicted octanol–water partition coefficient (Wildman–Crippen LogP) is 5.74. The number of anilines is 1. The highest BCUT2D eigenvalue weighted by atomic mass is 35.5. The van der Waals surface area contributed by atoms with Gasteiger partial charge >= 0.3 is 0 Å². The number of nitrogens with one attached hydrogen (secondary N) is 1. The lowest BCUT2D eigenvalue weighted by Gasteiger charge is -2.04. The highest BCUT2D eigenvalue weighted by molar-refractivity contribution is 7.99. The Labute approximate surface area is 169 Å². The molecule has 1 N–H and O–H groups in total. The summed E-state index contributed by atoms with van der Waals surface area (Å²) < 4.78 is 0. The number of benzene rings is 2. The summed E-state index contributed by atoms with van der Waals surface area (Å²) in [4.78, 5) is 22.9. The summed E-state index contributed by atoms with van der Waals surface area (Å²) in [5.41, 5.74) is 1.89. The van der Waals surface area contributed by atoms with Crippen LogP contribution < -0.4 is 5.32 Å². The van der Waals surface area contributed by atoms with Crippen molar-refractivity contribution in [2.45, 2.75) is 5.16 Å². The van der Waals surface area contributed by atoms with E-state index in [9.17, 15) is 4.79 Å². The van der Waals surface area contributed by atoms with E-state index >= 15 is 0 Å². The summed E-state index contributed by atoms with van der Waals surface area (Å²) in [6.07, 6.45) is 0. The van der Waals surface area contributed by atoms with Crippen LogP contribution in [0.3, 0.4) is 0 Å². The second-order valence-electron chi connectivity index (χ2n) is 5.70. The van der Waals surface area contributed by atoms with Gasteiger partial charge in [-0.05, 0) is 23.8 Å².